The molecule has 0 saturated heterocycles. The van der Waals surface area contributed by atoms with Gasteiger partial charge in [-0.15, -0.1) is 0 Å². The zero-order chi connectivity index (χ0) is 14.0. The lowest BCUT2D eigenvalue weighted by atomic mass is 10.0. The number of hydrogen-bond donors (Lipinski definition) is 2. The Bertz CT molecular complexity index is 441. The minimum atomic E-state index is -0.300. The Morgan fingerprint density at radius 3 is 2.68 bits per heavy atom. The molecule has 1 heterocycles. The first-order chi connectivity index (χ1) is 8.94. The number of pyridine rings is 1. The number of hydrogen-bond acceptors (Lipinski definition) is 4. The number of aliphatic hydroxyl groups excluding tert-OH is 1. The fraction of sp³-hybridized carbons (Fsp3) is 0.667. The lowest BCUT2D eigenvalue weighted by molar-refractivity contribution is 0.215. The number of likely N-dealkylation sites (N-methyl/N-ethyl adjacent to an activating group) is 1. The Morgan fingerprint density at radius 2 is 2.16 bits per heavy atom. The number of aryl methyl sites for hydroxylation is 1. The third kappa shape index (κ3) is 3.45. The molecule has 0 aliphatic heterocycles. The van der Waals surface area contributed by atoms with Gasteiger partial charge in [0.2, 0.25) is 0 Å². The smallest absolute Gasteiger partial charge is 0.131 e. The van der Waals surface area contributed by atoms with Crippen LogP contribution in [0.3, 0.4) is 0 Å². The summed E-state index contributed by atoms with van der Waals surface area (Å²) in [7, 11) is 1.98. The zero-order valence-electron chi connectivity index (χ0n) is 12.4. The summed E-state index contributed by atoms with van der Waals surface area (Å²) in [5.74, 6) is 0.939. The van der Waals surface area contributed by atoms with E-state index in [4.69, 9.17) is 0 Å². The maximum Gasteiger partial charge on any atom is 0.131 e. The normalized spacial score (nSPS) is 15.6. The summed E-state index contributed by atoms with van der Waals surface area (Å²) in [5, 5.41) is 12.9. The molecule has 1 aliphatic carbocycles. The predicted octanol–water partition coefficient (Wildman–Crippen LogP) is 1.85. The standard InChI is InChI=1S/C15H25N3O/c1-11-7-12(8-16-13-5-6-13)9-17-14(11)18(4)15(2,3)10-19/h7,9,13,16,19H,5-6,8,10H2,1-4H3. The molecule has 0 atom stereocenters. The van der Waals surface area contributed by atoms with Crippen molar-refractivity contribution in [2.24, 2.45) is 0 Å². The van der Waals surface area contributed by atoms with Crippen LogP contribution in [0.2, 0.25) is 0 Å². The van der Waals surface area contributed by atoms with Crippen molar-refractivity contribution in [3.8, 4) is 0 Å². The van der Waals surface area contributed by atoms with Crippen LogP contribution in [0.5, 0.6) is 0 Å². The lowest BCUT2D eigenvalue weighted by Crippen LogP contribution is -2.45. The molecule has 0 aromatic carbocycles. The van der Waals surface area contributed by atoms with Gasteiger partial charge in [0.25, 0.3) is 0 Å². The Morgan fingerprint density at radius 1 is 1.47 bits per heavy atom. The van der Waals surface area contributed by atoms with Gasteiger partial charge < -0.3 is 15.3 Å². The Kier molecular flexibility index (Phi) is 4.11. The molecule has 1 saturated carbocycles. The van der Waals surface area contributed by atoms with Crippen molar-refractivity contribution < 1.29 is 5.11 Å². The van der Waals surface area contributed by atoms with E-state index in [9.17, 15) is 5.11 Å². The summed E-state index contributed by atoms with van der Waals surface area (Å²) < 4.78 is 0. The first-order valence-electron chi connectivity index (χ1n) is 6.97. The first-order valence-corrected chi connectivity index (χ1v) is 6.97. The van der Waals surface area contributed by atoms with E-state index in [2.05, 4.69) is 23.3 Å². The highest BCUT2D eigenvalue weighted by Crippen LogP contribution is 2.24. The minimum Gasteiger partial charge on any atom is -0.394 e. The fourth-order valence-corrected chi connectivity index (χ4v) is 2.02. The monoisotopic (exact) mass is 263 g/mol. The highest BCUT2D eigenvalue weighted by molar-refractivity contribution is 5.48. The minimum absolute atomic E-state index is 0.107. The molecule has 0 amide bonds. The summed E-state index contributed by atoms with van der Waals surface area (Å²) in [6.45, 7) is 7.10. The molecule has 2 N–H and O–H groups in total. The van der Waals surface area contributed by atoms with Crippen LogP contribution in [0.4, 0.5) is 5.82 Å². The highest BCUT2D eigenvalue weighted by Gasteiger charge is 2.25. The van der Waals surface area contributed by atoms with Gasteiger partial charge in [-0.3, -0.25) is 0 Å². The van der Waals surface area contributed by atoms with E-state index in [1.165, 1.54) is 18.4 Å². The molecule has 1 fully saturated rings. The molecule has 4 nitrogen and oxygen atoms in total. The molecule has 4 heteroatoms. The molecule has 1 aromatic heterocycles. The topological polar surface area (TPSA) is 48.4 Å². The molecular weight excluding hydrogens is 238 g/mol. The number of nitrogens with one attached hydrogen (secondary N) is 1. The second-order valence-corrected chi connectivity index (χ2v) is 6.17. The van der Waals surface area contributed by atoms with Crippen molar-refractivity contribution in [3.63, 3.8) is 0 Å². The van der Waals surface area contributed by atoms with Crippen LogP contribution in [-0.2, 0) is 6.54 Å². The van der Waals surface area contributed by atoms with Crippen molar-refractivity contribution in [1.29, 1.82) is 0 Å². The van der Waals surface area contributed by atoms with Gasteiger partial charge in [0.05, 0.1) is 12.1 Å². The van der Waals surface area contributed by atoms with Crippen LogP contribution in [0.1, 0.15) is 37.8 Å². The molecule has 106 valence electrons. The molecule has 0 bridgehead atoms. The van der Waals surface area contributed by atoms with Gasteiger partial charge in [-0.1, -0.05) is 0 Å². The predicted molar refractivity (Wildman–Crippen MR) is 78.4 cm³/mol. The molecular formula is C15H25N3O. The third-order valence-electron chi connectivity index (χ3n) is 3.89. The molecule has 19 heavy (non-hydrogen) atoms. The van der Waals surface area contributed by atoms with E-state index in [1.807, 2.05) is 32.0 Å². The average Bonchev–Trinajstić information content (AvgIpc) is 3.19. The van der Waals surface area contributed by atoms with Crippen LogP contribution in [-0.4, -0.2) is 35.3 Å². The molecule has 0 spiro atoms. The van der Waals surface area contributed by atoms with Gasteiger partial charge >= 0.3 is 0 Å². The quantitative estimate of drug-likeness (QED) is 0.822. The van der Waals surface area contributed by atoms with Crippen LogP contribution >= 0.6 is 0 Å². The van der Waals surface area contributed by atoms with Crippen molar-refractivity contribution in [1.82, 2.24) is 10.3 Å². The van der Waals surface area contributed by atoms with E-state index in [0.717, 1.165) is 24.0 Å². The number of anilines is 1. The van der Waals surface area contributed by atoms with Gasteiger partial charge in [-0.2, -0.15) is 0 Å². The van der Waals surface area contributed by atoms with Gasteiger partial charge in [0, 0.05) is 25.8 Å². The van der Waals surface area contributed by atoms with Gasteiger partial charge in [-0.25, -0.2) is 4.98 Å². The Hall–Kier alpha value is -1.13. The average molecular weight is 263 g/mol. The molecule has 1 aliphatic rings. The largest absolute Gasteiger partial charge is 0.394 e. The maximum absolute atomic E-state index is 9.44. The van der Waals surface area contributed by atoms with Gasteiger partial charge in [0.15, 0.2) is 0 Å². The number of aromatic nitrogens is 1. The van der Waals surface area contributed by atoms with E-state index < -0.39 is 0 Å². The number of rotatable bonds is 6. The second kappa shape index (κ2) is 5.47. The third-order valence-corrected chi connectivity index (χ3v) is 3.89. The molecule has 2 rings (SSSR count). The summed E-state index contributed by atoms with van der Waals surface area (Å²) in [4.78, 5) is 6.61. The van der Waals surface area contributed by atoms with Gasteiger partial charge in [0.1, 0.15) is 5.82 Å². The number of aliphatic hydroxyl groups is 1. The van der Waals surface area contributed by atoms with Crippen molar-refractivity contribution in [3.05, 3.63) is 23.4 Å². The second-order valence-electron chi connectivity index (χ2n) is 6.17. The van der Waals surface area contributed by atoms with Gasteiger partial charge in [-0.05, 0) is 50.8 Å². The highest BCUT2D eigenvalue weighted by atomic mass is 16.3. The maximum atomic E-state index is 9.44. The van der Waals surface area contributed by atoms with Crippen LogP contribution in [0, 0.1) is 6.92 Å². The van der Waals surface area contributed by atoms with Crippen LogP contribution < -0.4 is 10.2 Å². The summed E-state index contributed by atoms with van der Waals surface area (Å²) in [5.41, 5.74) is 2.08. The van der Waals surface area contributed by atoms with E-state index in [0.29, 0.717) is 0 Å². The Balaban J connectivity index is 2.09. The van der Waals surface area contributed by atoms with Crippen molar-refractivity contribution in [2.45, 2.75) is 51.7 Å². The summed E-state index contributed by atoms with van der Waals surface area (Å²) in [6.07, 6.45) is 4.54. The fourth-order valence-electron chi connectivity index (χ4n) is 2.02. The van der Waals surface area contributed by atoms with Crippen LogP contribution in [0.25, 0.3) is 0 Å². The summed E-state index contributed by atoms with van der Waals surface area (Å²) in [6, 6.07) is 2.90. The summed E-state index contributed by atoms with van der Waals surface area (Å²) >= 11 is 0. The van der Waals surface area contributed by atoms with Crippen LogP contribution in [0.15, 0.2) is 12.3 Å². The van der Waals surface area contributed by atoms with E-state index in [-0.39, 0.29) is 12.1 Å². The molecule has 0 unspecified atom stereocenters. The molecule has 1 aromatic rings. The first kappa shape index (κ1) is 14.3. The molecule has 0 radical (unpaired) electrons. The lowest BCUT2D eigenvalue weighted by Gasteiger charge is -2.35. The van der Waals surface area contributed by atoms with Crippen molar-refractivity contribution >= 4 is 5.82 Å². The Labute approximate surface area is 115 Å². The van der Waals surface area contributed by atoms with E-state index >= 15 is 0 Å². The number of nitrogens with zero attached hydrogens (tertiary/aromatic N) is 2. The SMILES string of the molecule is Cc1cc(CNC2CC2)cnc1N(C)C(C)(C)CO. The van der Waals surface area contributed by atoms with Crippen molar-refractivity contribution in [2.75, 3.05) is 18.6 Å². The zero-order valence-corrected chi connectivity index (χ0v) is 12.4. The van der Waals surface area contributed by atoms with E-state index in [1.54, 1.807) is 0 Å².